The Bertz CT molecular complexity index is 132. The number of aliphatic hydroxyl groups excluding tert-OH is 1. The minimum Gasteiger partial charge on any atom is -0.396 e. The van der Waals surface area contributed by atoms with Crippen LogP contribution in [-0.4, -0.2) is 17.5 Å². The number of hydrogen-bond acceptors (Lipinski definition) is 2. The van der Waals surface area contributed by atoms with Crippen molar-refractivity contribution in [2.45, 2.75) is 52.4 Å². The van der Waals surface area contributed by atoms with Gasteiger partial charge in [-0.3, -0.25) is 4.79 Å². The molecule has 2 heteroatoms. The third kappa shape index (κ3) is 6.76. The Labute approximate surface area is 81.3 Å². The minimum atomic E-state index is 0.235. The second kappa shape index (κ2) is 8.24. The molecule has 0 radical (unpaired) electrons. The lowest BCUT2D eigenvalue weighted by Gasteiger charge is -2.07. The molecule has 0 aliphatic rings. The van der Waals surface area contributed by atoms with Crippen LogP contribution in [0.4, 0.5) is 0 Å². The topological polar surface area (TPSA) is 37.3 Å². The zero-order chi connectivity index (χ0) is 10.1. The zero-order valence-corrected chi connectivity index (χ0v) is 8.88. The number of rotatable bonds is 8. The fourth-order valence-corrected chi connectivity index (χ4v) is 1.43. The molecule has 0 aromatic carbocycles. The van der Waals surface area contributed by atoms with Gasteiger partial charge in [-0.25, -0.2) is 0 Å². The molecule has 0 heterocycles. The van der Waals surface area contributed by atoms with E-state index in [0.717, 1.165) is 32.1 Å². The van der Waals surface area contributed by atoms with Crippen LogP contribution in [-0.2, 0) is 4.79 Å². The SMILES string of the molecule is CCC(=O)C(C)CCCCCCO. The van der Waals surface area contributed by atoms with Gasteiger partial charge in [-0.1, -0.05) is 33.1 Å². The summed E-state index contributed by atoms with van der Waals surface area (Å²) in [5, 5.41) is 8.55. The summed E-state index contributed by atoms with van der Waals surface area (Å²) in [7, 11) is 0. The summed E-state index contributed by atoms with van der Waals surface area (Å²) in [6, 6.07) is 0. The molecule has 0 saturated heterocycles. The average Bonchev–Trinajstić information content (AvgIpc) is 2.16. The van der Waals surface area contributed by atoms with Gasteiger partial charge in [0.2, 0.25) is 0 Å². The molecule has 13 heavy (non-hydrogen) atoms. The van der Waals surface area contributed by atoms with Gasteiger partial charge < -0.3 is 5.11 Å². The molecule has 0 spiro atoms. The van der Waals surface area contributed by atoms with Gasteiger partial charge in [-0.15, -0.1) is 0 Å². The molecule has 0 fully saturated rings. The van der Waals surface area contributed by atoms with Crippen molar-refractivity contribution < 1.29 is 9.90 Å². The van der Waals surface area contributed by atoms with E-state index in [4.69, 9.17) is 5.11 Å². The summed E-state index contributed by atoms with van der Waals surface area (Å²) in [5.41, 5.74) is 0. The van der Waals surface area contributed by atoms with E-state index in [1.165, 1.54) is 0 Å². The van der Waals surface area contributed by atoms with Gasteiger partial charge in [-0.2, -0.15) is 0 Å². The quantitative estimate of drug-likeness (QED) is 0.591. The van der Waals surface area contributed by atoms with Crippen molar-refractivity contribution in [3.8, 4) is 0 Å². The van der Waals surface area contributed by atoms with Crippen LogP contribution in [0.3, 0.4) is 0 Å². The van der Waals surface area contributed by atoms with E-state index in [0.29, 0.717) is 18.8 Å². The number of carbonyl (C=O) groups is 1. The molecule has 1 N–H and O–H groups in total. The number of ketones is 1. The van der Waals surface area contributed by atoms with E-state index in [1.54, 1.807) is 0 Å². The van der Waals surface area contributed by atoms with Crippen LogP contribution >= 0.6 is 0 Å². The Morgan fingerprint density at radius 3 is 2.38 bits per heavy atom. The number of unbranched alkanes of at least 4 members (excludes halogenated alkanes) is 3. The highest BCUT2D eigenvalue weighted by atomic mass is 16.2. The van der Waals surface area contributed by atoms with Crippen LogP contribution in [0.25, 0.3) is 0 Å². The molecule has 0 aliphatic carbocycles. The number of hydrogen-bond donors (Lipinski definition) is 1. The lowest BCUT2D eigenvalue weighted by Crippen LogP contribution is -2.08. The molecule has 0 aromatic rings. The third-order valence-electron chi connectivity index (χ3n) is 2.44. The van der Waals surface area contributed by atoms with Crippen LogP contribution in [0.15, 0.2) is 0 Å². The minimum absolute atomic E-state index is 0.235. The van der Waals surface area contributed by atoms with E-state index in [2.05, 4.69) is 0 Å². The maximum absolute atomic E-state index is 11.2. The number of carbonyl (C=O) groups excluding carboxylic acids is 1. The molecule has 0 rings (SSSR count). The molecular formula is C11H22O2. The first-order valence-electron chi connectivity index (χ1n) is 5.36. The molecule has 78 valence electrons. The van der Waals surface area contributed by atoms with Crippen molar-refractivity contribution in [2.24, 2.45) is 5.92 Å². The van der Waals surface area contributed by atoms with Gasteiger partial charge in [-0.05, 0) is 12.8 Å². The lowest BCUT2D eigenvalue weighted by atomic mass is 9.97. The lowest BCUT2D eigenvalue weighted by molar-refractivity contribution is -0.122. The van der Waals surface area contributed by atoms with E-state index in [-0.39, 0.29) is 5.92 Å². The smallest absolute Gasteiger partial charge is 0.135 e. The molecule has 0 bridgehead atoms. The standard InChI is InChI=1S/C11H22O2/c1-3-11(13)10(2)8-6-4-5-7-9-12/h10,12H,3-9H2,1-2H3. The first-order valence-corrected chi connectivity index (χ1v) is 5.36. The Hall–Kier alpha value is -0.370. The maximum Gasteiger partial charge on any atom is 0.135 e. The summed E-state index contributed by atoms with van der Waals surface area (Å²) in [6.07, 6.45) is 5.92. The van der Waals surface area contributed by atoms with Crippen molar-refractivity contribution in [2.75, 3.05) is 6.61 Å². The fraction of sp³-hybridized carbons (Fsp3) is 0.909. The van der Waals surface area contributed by atoms with Crippen molar-refractivity contribution in [1.82, 2.24) is 0 Å². The third-order valence-corrected chi connectivity index (χ3v) is 2.44. The predicted molar refractivity (Wildman–Crippen MR) is 54.6 cm³/mol. The summed E-state index contributed by atoms with van der Waals surface area (Å²) < 4.78 is 0. The van der Waals surface area contributed by atoms with Crippen molar-refractivity contribution in [3.63, 3.8) is 0 Å². The highest BCUT2D eigenvalue weighted by molar-refractivity contribution is 5.80. The first kappa shape index (κ1) is 12.6. The molecule has 0 aliphatic heterocycles. The molecule has 1 atom stereocenters. The Morgan fingerprint density at radius 2 is 1.85 bits per heavy atom. The van der Waals surface area contributed by atoms with Crippen molar-refractivity contribution in [1.29, 1.82) is 0 Å². The van der Waals surface area contributed by atoms with Gasteiger partial charge >= 0.3 is 0 Å². The van der Waals surface area contributed by atoms with Crippen LogP contribution in [0.1, 0.15) is 52.4 Å². The largest absolute Gasteiger partial charge is 0.396 e. The summed E-state index contributed by atoms with van der Waals surface area (Å²) in [4.78, 5) is 11.2. The molecule has 0 amide bonds. The second-order valence-corrected chi connectivity index (χ2v) is 3.65. The fourth-order valence-electron chi connectivity index (χ4n) is 1.43. The summed E-state index contributed by atoms with van der Waals surface area (Å²) >= 11 is 0. The number of Topliss-reactive ketones (excluding diaryl/α,β-unsaturated/α-hetero) is 1. The highest BCUT2D eigenvalue weighted by Crippen LogP contribution is 2.12. The predicted octanol–water partition coefficient (Wildman–Crippen LogP) is 2.54. The van der Waals surface area contributed by atoms with E-state index >= 15 is 0 Å². The maximum atomic E-state index is 11.2. The van der Waals surface area contributed by atoms with Crippen LogP contribution in [0.5, 0.6) is 0 Å². The van der Waals surface area contributed by atoms with E-state index in [1.807, 2.05) is 13.8 Å². The van der Waals surface area contributed by atoms with Crippen LogP contribution < -0.4 is 0 Å². The van der Waals surface area contributed by atoms with Crippen LogP contribution in [0, 0.1) is 5.92 Å². The molecule has 0 saturated carbocycles. The van der Waals surface area contributed by atoms with Gasteiger partial charge in [0, 0.05) is 18.9 Å². The average molecular weight is 186 g/mol. The van der Waals surface area contributed by atoms with Gasteiger partial charge in [0.1, 0.15) is 5.78 Å². The normalized spacial score (nSPS) is 12.8. The molecular weight excluding hydrogens is 164 g/mol. The van der Waals surface area contributed by atoms with Crippen molar-refractivity contribution >= 4 is 5.78 Å². The van der Waals surface area contributed by atoms with Gasteiger partial charge in [0.15, 0.2) is 0 Å². The van der Waals surface area contributed by atoms with Gasteiger partial charge in [0.25, 0.3) is 0 Å². The summed E-state index contributed by atoms with van der Waals surface area (Å²) in [6.45, 7) is 4.23. The van der Waals surface area contributed by atoms with Crippen molar-refractivity contribution in [3.05, 3.63) is 0 Å². The molecule has 2 nitrogen and oxygen atoms in total. The van der Waals surface area contributed by atoms with E-state index < -0.39 is 0 Å². The monoisotopic (exact) mass is 186 g/mol. The summed E-state index contributed by atoms with van der Waals surface area (Å²) in [5.74, 6) is 0.612. The van der Waals surface area contributed by atoms with Gasteiger partial charge in [0.05, 0.1) is 0 Å². The zero-order valence-electron chi connectivity index (χ0n) is 8.88. The Kier molecular flexibility index (Phi) is 8.00. The Morgan fingerprint density at radius 1 is 1.23 bits per heavy atom. The Balaban J connectivity index is 3.26. The first-order chi connectivity index (χ1) is 6.22. The number of aliphatic hydroxyl groups is 1. The molecule has 0 aromatic heterocycles. The highest BCUT2D eigenvalue weighted by Gasteiger charge is 2.09. The second-order valence-electron chi connectivity index (χ2n) is 3.65. The molecule has 1 unspecified atom stereocenters. The van der Waals surface area contributed by atoms with Crippen LogP contribution in [0.2, 0.25) is 0 Å². The van der Waals surface area contributed by atoms with E-state index in [9.17, 15) is 4.79 Å².